The monoisotopic (exact) mass is 285 g/mol. The highest BCUT2D eigenvalue weighted by Crippen LogP contribution is 2.28. The smallest absolute Gasteiger partial charge is 0.124 e. The zero-order valence-electron chi connectivity index (χ0n) is 11.3. The third kappa shape index (κ3) is 3.39. The Morgan fingerprint density at radius 1 is 1.42 bits per heavy atom. The van der Waals surface area contributed by atoms with Crippen LogP contribution in [0.1, 0.15) is 12.0 Å². The van der Waals surface area contributed by atoms with Crippen molar-refractivity contribution in [1.82, 2.24) is 4.90 Å². The van der Waals surface area contributed by atoms with Gasteiger partial charge in [-0.25, -0.2) is 0 Å². The van der Waals surface area contributed by atoms with E-state index in [9.17, 15) is 5.11 Å². The molecule has 106 valence electrons. The van der Waals surface area contributed by atoms with Crippen LogP contribution in [0.4, 0.5) is 0 Å². The largest absolute Gasteiger partial charge is 0.496 e. The summed E-state index contributed by atoms with van der Waals surface area (Å²) in [5.74, 6) is 0.782. The fourth-order valence-corrected chi connectivity index (χ4v) is 2.72. The van der Waals surface area contributed by atoms with E-state index in [4.69, 9.17) is 21.1 Å². The number of benzene rings is 1. The standard InChI is InChI=1S/C14H20ClNO3/c1-18-13-6-12(9-17)16(8-13)7-10-3-4-11(15)5-14(10)19-2/h3-5,12-13,17H,6-9H2,1-2H3/t12-,13-/m0/s1. The molecule has 1 aliphatic rings. The molecule has 4 nitrogen and oxygen atoms in total. The molecule has 0 radical (unpaired) electrons. The van der Waals surface area contributed by atoms with E-state index in [1.54, 1.807) is 14.2 Å². The second-order valence-corrected chi connectivity index (χ2v) is 5.25. The third-order valence-electron chi connectivity index (χ3n) is 3.66. The predicted octanol–water partition coefficient (Wildman–Crippen LogP) is 1.93. The molecule has 19 heavy (non-hydrogen) atoms. The number of ether oxygens (including phenoxy) is 2. The maximum Gasteiger partial charge on any atom is 0.124 e. The highest BCUT2D eigenvalue weighted by atomic mass is 35.5. The minimum absolute atomic E-state index is 0.144. The van der Waals surface area contributed by atoms with Gasteiger partial charge in [-0.2, -0.15) is 0 Å². The first-order valence-corrected chi connectivity index (χ1v) is 6.75. The highest BCUT2D eigenvalue weighted by Gasteiger charge is 2.31. The summed E-state index contributed by atoms with van der Waals surface area (Å²) in [6.45, 7) is 1.70. The van der Waals surface area contributed by atoms with Gasteiger partial charge in [0.25, 0.3) is 0 Å². The third-order valence-corrected chi connectivity index (χ3v) is 3.89. The van der Waals surface area contributed by atoms with Gasteiger partial charge in [0.05, 0.1) is 19.8 Å². The van der Waals surface area contributed by atoms with Crippen LogP contribution < -0.4 is 4.74 Å². The fourth-order valence-electron chi connectivity index (χ4n) is 2.56. The first-order valence-electron chi connectivity index (χ1n) is 6.38. The van der Waals surface area contributed by atoms with Gasteiger partial charge in [-0.3, -0.25) is 4.90 Å². The summed E-state index contributed by atoms with van der Waals surface area (Å²) in [6.07, 6.45) is 1.05. The van der Waals surface area contributed by atoms with E-state index in [0.29, 0.717) is 5.02 Å². The van der Waals surface area contributed by atoms with Gasteiger partial charge in [-0.15, -0.1) is 0 Å². The Balaban J connectivity index is 2.12. The van der Waals surface area contributed by atoms with Crippen LogP contribution in [0, 0.1) is 0 Å². The van der Waals surface area contributed by atoms with E-state index in [1.807, 2.05) is 18.2 Å². The molecule has 1 aromatic rings. The summed E-state index contributed by atoms with van der Waals surface area (Å²) in [4.78, 5) is 2.22. The van der Waals surface area contributed by atoms with Crippen molar-refractivity contribution >= 4 is 11.6 Å². The molecule has 1 heterocycles. The molecule has 2 atom stereocenters. The molecule has 1 aliphatic heterocycles. The van der Waals surface area contributed by atoms with Gasteiger partial charge in [0.15, 0.2) is 0 Å². The molecule has 1 fully saturated rings. The Hall–Kier alpha value is -0.810. The lowest BCUT2D eigenvalue weighted by Gasteiger charge is -2.23. The molecule has 1 saturated heterocycles. The minimum atomic E-state index is 0.144. The summed E-state index contributed by atoms with van der Waals surface area (Å²) < 4.78 is 10.7. The summed E-state index contributed by atoms with van der Waals surface area (Å²) in [6, 6.07) is 5.78. The van der Waals surface area contributed by atoms with Crippen LogP contribution in [-0.4, -0.2) is 49.5 Å². The zero-order chi connectivity index (χ0) is 13.8. The number of hydrogen-bond acceptors (Lipinski definition) is 4. The number of aliphatic hydroxyl groups is 1. The number of aliphatic hydroxyl groups excluding tert-OH is 1. The van der Waals surface area contributed by atoms with Crippen molar-refractivity contribution in [3.05, 3.63) is 28.8 Å². The molecule has 5 heteroatoms. The molecule has 0 saturated carbocycles. The predicted molar refractivity (Wildman–Crippen MR) is 74.7 cm³/mol. The van der Waals surface area contributed by atoms with Gasteiger partial charge < -0.3 is 14.6 Å². The van der Waals surface area contributed by atoms with Crippen molar-refractivity contribution < 1.29 is 14.6 Å². The highest BCUT2D eigenvalue weighted by molar-refractivity contribution is 6.30. The Labute approximate surface area is 118 Å². The molecule has 2 rings (SSSR count). The molecule has 0 bridgehead atoms. The number of hydrogen-bond donors (Lipinski definition) is 1. The van der Waals surface area contributed by atoms with E-state index in [1.165, 1.54) is 0 Å². The topological polar surface area (TPSA) is 41.9 Å². The van der Waals surface area contributed by atoms with Gasteiger partial charge in [0, 0.05) is 36.8 Å². The van der Waals surface area contributed by atoms with Gasteiger partial charge >= 0.3 is 0 Å². The van der Waals surface area contributed by atoms with Gasteiger partial charge in [0.2, 0.25) is 0 Å². The van der Waals surface area contributed by atoms with Crippen LogP contribution in [0.25, 0.3) is 0 Å². The van der Waals surface area contributed by atoms with Crippen molar-refractivity contribution in [3.63, 3.8) is 0 Å². The summed E-state index contributed by atoms with van der Waals surface area (Å²) in [5, 5.41) is 10.1. The molecule has 0 spiro atoms. The van der Waals surface area contributed by atoms with Crippen LogP contribution in [0.3, 0.4) is 0 Å². The van der Waals surface area contributed by atoms with E-state index in [0.717, 1.165) is 30.8 Å². The Kier molecular flexibility index (Phi) is 5.05. The van der Waals surface area contributed by atoms with Crippen molar-refractivity contribution in [2.75, 3.05) is 27.4 Å². The Morgan fingerprint density at radius 3 is 2.84 bits per heavy atom. The average molecular weight is 286 g/mol. The summed E-state index contributed by atoms with van der Waals surface area (Å²) in [7, 11) is 3.35. The maximum atomic E-state index is 9.45. The van der Waals surface area contributed by atoms with Crippen LogP contribution in [0.15, 0.2) is 18.2 Å². The van der Waals surface area contributed by atoms with E-state index >= 15 is 0 Å². The molecule has 0 amide bonds. The molecule has 0 unspecified atom stereocenters. The molecule has 0 aliphatic carbocycles. The van der Waals surface area contributed by atoms with E-state index < -0.39 is 0 Å². The lowest BCUT2D eigenvalue weighted by Crippen LogP contribution is -2.32. The Bertz CT molecular complexity index is 427. The lowest BCUT2D eigenvalue weighted by molar-refractivity contribution is 0.107. The van der Waals surface area contributed by atoms with Gasteiger partial charge in [-0.1, -0.05) is 17.7 Å². The summed E-state index contributed by atoms with van der Waals surface area (Å²) >= 11 is 5.96. The van der Waals surface area contributed by atoms with Crippen molar-refractivity contribution in [1.29, 1.82) is 0 Å². The molecule has 1 N–H and O–H groups in total. The lowest BCUT2D eigenvalue weighted by atomic mass is 10.1. The van der Waals surface area contributed by atoms with Crippen LogP contribution in [0.2, 0.25) is 5.02 Å². The van der Waals surface area contributed by atoms with E-state index in [-0.39, 0.29) is 18.8 Å². The average Bonchev–Trinajstić information content (AvgIpc) is 2.83. The van der Waals surface area contributed by atoms with Crippen LogP contribution in [0.5, 0.6) is 5.75 Å². The normalized spacial score (nSPS) is 23.8. The number of likely N-dealkylation sites (tertiary alicyclic amines) is 1. The van der Waals surface area contributed by atoms with Crippen molar-refractivity contribution in [2.45, 2.75) is 25.1 Å². The molecule has 0 aromatic heterocycles. The molecule has 1 aromatic carbocycles. The number of halogens is 1. The Morgan fingerprint density at radius 2 is 2.21 bits per heavy atom. The molecular formula is C14H20ClNO3. The van der Waals surface area contributed by atoms with Gasteiger partial charge in [0.1, 0.15) is 5.75 Å². The quantitative estimate of drug-likeness (QED) is 0.898. The molecular weight excluding hydrogens is 266 g/mol. The maximum absolute atomic E-state index is 9.45. The van der Waals surface area contributed by atoms with Crippen LogP contribution >= 0.6 is 11.6 Å². The first-order chi connectivity index (χ1) is 9.17. The second kappa shape index (κ2) is 6.57. The minimum Gasteiger partial charge on any atom is -0.496 e. The number of rotatable bonds is 5. The van der Waals surface area contributed by atoms with Crippen molar-refractivity contribution in [3.8, 4) is 5.75 Å². The SMILES string of the molecule is COc1cc(Cl)ccc1CN1C[C@@H](OC)C[C@H]1CO. The van der Waals surface area contributed by atoms with E-state index in [2.05, 4.69) is 4.90 Å². The summed E-state index contributed by atoms with van der Waals surface area (Å²) in [5.41, 5.74) is 1.07. The zero-order valence-corrected chi connectivity index (χ0v) is 12.1. The van der Waals surface area contributed by atoms with Crippen LogP contribution in [-0.2, 0) is 11.3 Å². The first kappa shape index (κ1) is 14.6. The number of methoxy groups -OCH3 is 2. The number of nitrogens with zero attached hydrogens (tertiary/aromatic N) is 1. The fraction of sp³-hybridized carbons (Fsp3) is 0.571. The van der Waals surface area contributed by atoms with Crippen molar-refractivity contribution in [2.24, 2.45) is 0 Å². The van der Waals surface area contributed by atoms with Gasteiger partial charge in [-0.05, 0) is 18.6 Å². The second-order valence-electron chi connectivity index (χ2n) is 4.82.